The second-order valence-electron chi connectivity index (χ2n) is 5.30. The first-order valence-electron chi connectivity index (χ1n) is 7.04. The van der Waals surface area contributed by atoms with Gasteiger partial charge in [0.25, 0.3) is 0 Å². The molecule has 1 atom stereocenters. The molecule has 1 N–H and O–H groups in total. The average Bonchev–Trinajstić information content (AvgIpc) is 2.51. The Morgan fingerprint density at radius 3 is 3.00 bits per heavy atom. The molecule has 0 radical (unpaired) electrons. The maximum atomic E-state index is 4.80. The maximum absolute atomic E-state index is 4.80. The van der Waals surface area contributed by atoms with E-state index >= 15 is 0 Å². The monoisotopic (exact) mass is 331 g/mol. The van der Waals surface area contributed by atoms with Crippen LogP contribution >= 0.6 is 15.9 Å². The van der Waals surface area contributed by atoms with Crippen molar-refractivity contribution in [2.24, 2.45) is 0 Å². The number of aromatic nitrogens is 2. The van der Waals surface area contributed by atoms with Crippen LogP contribution < -0.4 is 5.32 Å². The first-order valence-corrected chi connectivity index (χ1v) is 7.83. The maximum Gasteiger partial charge on any atom is 0.133 e. The van der Waals surface area contributed by atoms with Crippen molar-refractivity contribution in [3.05, 3.63) is 46.3 Å². The molecule has 0 amide bonds. The lowest BCUT2D eigenvalue weighted by atomic mass is 9.98. The number of rotatable bonds is 2. The van der Waals surface area contributed by atoms with E-state index in [2.05, 4.69) is 51.4 Å². The second kappa shape index (κ2) is 6.02. The van der Waals surface area contributed by atoms with Crippen LogP contribution in [0.2, 0.25) is 0 Å². The number of halogens is 1. The van der Waals surface area contributed by atoms with E-state index in [1.54, 1.807) is 0 Å². The molecule has 3 nitrogen and oxygen atoms in total. The minimum absolute atomic E-state index is 0.441. The summed E-state index contributed by atoms with van der Waals surface area (Å²) in [6, 6.07) is 8.30. The number of nitrogens with zero attached hydrogens (tertiary/aromatic N) is 2. The third kappa shape index (κ3) is 2.91. The van der Waals surface area contributed by atoms with Gasteiger partial charge in [0.2, 0.25) is 0 Å². The Morgan fingerprint density at radius 1 is 1.30 bits per heavy atom. The molecule has 20 heavy (non-hydrogen) atoms. The highest BCUT2D eigenvalue weighted by atomic mass is 79.9. The lowest BCUT2D eigenvalue weighted by molar-refractivity contribution is 0.447. The summed E-state index contributed by atoms with van der Waals surface area (Å²) in [6.45, 7) is 4.22. The number of nitrogens with one attached hydrogen (secondary N) is 1. The van der Waals surface area contributed by atoms with Crippen LogP contribution in [0.3, 0.4) is 0 Å². The molecule has 0 spiro atoms. The Morgan fingerprint density at radius 2 is 2.20 bits per heavy atom. The molecule has 1 fully saturated rings. The summed E-state index contributed by atoms with van der Waals surface area (Å²) in [5.41, 5.74) is 3.42. The number of benzene rings is 1. The normalized spacial score (nSPS) is 19.0. The third-order valence-corrected chi connectivity index (χ3v) is 4.31. The zero-order valence-corrected chi connectivity index (χ0v) is 13.2. The predicted octanol–water partition coefficient (Wildman–Crippen LogP) is 3.68. The van der Waals surface area contributed by atoms with E-state index in [-0.39, 0.29) is 0 Å². The molecule has 1 saturated heterocycles. The number of hydrogen-bond donors (Lipinski definition) is 1. The Labute approximate surface area is 128 Å². The SMILES string of the molecule is Cc1ccc(Br)cc1-c1ccnc(C2CCCNC2)n1. The van der Waals surface area contributed by atoms with Gasteiger partial charge in [0.15, 0.2) is 0 Å². The highest BCUT2D eigenvalue weighted by Crippen LogP contribution is 2.27. The van der Waals surface area contributed by atoms with Crippen molar-refractivity contribution in [2.45, 2.75) is 25.7 Å². The van der Waals surface area contributed by atoms with Gasteiger partial charge >= 0.3 is 0 Å². The van der Waals surface area contributed by atoms with Gasteiger partial charge in [-0.2, -0.15) is 0 Å². The van der Waals surface area contributed by atoms with Gasteiger partial charge in [-0.05, 0) is 50.1 Å². The molecule has 104 valence electrons. The van der Waals surface area contributed by atoms with Gasteiger partial charge in [-0.15, -0.1) is 0 Å². The molecule has 4 heteroatoms. The summed E-state index contributed by atoms with van der Waals surface area (Å²) in [6.07, 6.45) is 4.26. The fourth-order valence-corrected chi connectivity index (χ4v) is 3.02. The third-order valence-electron chi connectivity index (χ3n) is 3.81. The van der Waals surface area contributed by atoms with Gasteiger partial charge in [-0.1, -0.05) is 22.0 Å². The summed E-state index contributed by atoms with van der Waals surface area (Å²) in [5.74, 6) is 1.41. The van der Waals surface area contributed by atoms with E-state index in [9.17, 15) is 0 Å². The number of piperidine rings is 1. The van der Waals surface area contributed by atoms with Crippen molar-refractivity contribution in [3.8, 4) is 11.3 Å². The number of aryl methyl sites for hydroxylation is 1. The van der Waals surface area contributed by atoms with Crippen LogP contribution in [0.4, 0.5) is 0 Å². The summed E-state index contributed by atoms with van der Waals surface area (Å²) in [7, 11) is 0. The fraction of sp³-hybridized carbons (Fsp3) is 0.375. The van der Waals surface area contributed by atoms with Crippen molar-refractivity contribution in [3.63, 3.8) is 0 Å². The molecule has 1 aliphatic rings. The van der Waals surface area contributed by atoms with E-state index in [0.717, 1.165) is 29.1 Å². The Bertz CT molecular complexity index is 606. The highest BCUT2D eigenvalue weighted by molar-refractivity contribution is 9.10. The van der Waals surface area contributed by atoms with Gasteiger partial charge in [0.1, 0.15) is 5.82 Å². The van der Waals surface area contributed by atoms with Crippen molar-refractivity contribution in [1.82, 2.24) is 15.3 Å². The van der Waals surface area contributed by atoms with Crippen LogP contribution in [0.1, 0.15) is 30.1 Å². The number of hydrogen-bond acceptors (Lipinski definition) is 3. The van der Waals surface area contributed by atoms with Crippen LogP contribution in [-0.4, -0.2) is 23.1 Å². The van der Waals surface area contributed by atoms with E-state index in [0.29, 0.717) is 5.92 Å². The van der Waals surface area contributed by atoms with E-state index < -0.39 is 0 Å². The minimum atomic E-state index is 0.441. The Kier molecular flexibility index (Phi) is 4.13. The van der Waals surface area contributed by atoms with Crippen LogP contribution in [0, 0.1) is 6.92 Å². The molecule has 0 saturated carbocycles. The molecule has 1 unspecified atom stereocenters. The van der Waals surface area contributed by atoms with Crippen LogP contribution in [0.5, 0.6) is 0 Å². The highest BCUT2D eigenvalue weighted by Gasteiger charge is 2.18. The Balaban J connectivity index is 1.96. The summed E-state index contributed by atoms with van der Waals surface area (Å²) < 4.78 is 1.08. The molecule has 1 aliphatic heterocycles. The lowest BCUT2D eigenvalue weighted by Gasteiger charge is -2.21. The van der Waals surface area contributed by atoms with Crippen LogP contribution in [-0.2, 0) is 0 Å². The smallest absolute Gasteiger partial charge is 0.133 e. The van der Waals surface area contributed by atoms with E-state index in [4.69, 9.17) is 4.98 Å². The zero-order valence-electron chi connectivity index (χ0n) is 11.6. The molecular weight excluding hydrogens is 314 g/mol. The molecule has 3 rings (SSSR count). The first kappa shape index (κ1) is 13.7. The summed E-state index contributed by atoms with van der Waals surface area (Å²) in [5, 5.41) is 3.43. The molecule has 0 aliphatic carbocycles. The van der Waals surface area contributed by atoms with Crippen molar-refractivity contribution >= 4 is 15.9 Å². The van der Waals surface area contributed by atoms with Gasteiger partial charge in [-0.3, -0.25) is 0 Å². The standard InChI is InChI=1S/C16H18BrN3/c1-11-4-5-13(17)9-14(11)15-6-8-19-16(20-15)12-3-2-7-18-10-12/h4-6,8-9,12,18H,2-3,7,10H2,1H3. The molecule has 2 heterocycles. The zero-order chi connectivity index (χ0) is 13.9. The van der Waals surface area contributed by atoms with Gasteiger partial charge < -0.3 is 5.32 Å². The topological polar surface area (TPSA) is 37.8 Å². The molecule has 2 aromatic rings. The molecular formula is C16H18BrN3. The second-order valence-corrected chi connectivity index (χ2v) is 6.22. The predicted molar refractivity (Wildman–Crippen MR) is 84.7 cm³/mol. The summed E-state index contributed by atoms with van der Waals surface area (Å²) >= 11 is 3.54. The van der Waals surface area contributed by atoms with Gasteiger partial charge in [-0.25, -0.2) is 9.97 Å². The fourth-order valence-electron chi connectivity index (χ4n) is 2.66. The lowest BCUT2D eigenvalue weighted by Crippen LogP contribution is -2.29. The first-order chi connectivity index (χ1) is 9.74. The molecule has 0 bridgehead atoms. The van der Waals surface area contributed by atoms with Crippen molar-refractivity contribution < 1.29 is 0 Å². The van der Waals surface area contributed by atoms with Crippen LogP contribution in [0.15, 0.2) is 34.9 Å². The van der Waals surface area contributed by atoms with E-state index in [1.807, 2.05) is 12.3 Å². The van der Waals surface area contributed by atoms with Gasteiger partial charge in [0.05, 0.1) is 5.69 Å². The molecule has 1 aromatic carbocycles. The van der Waals surface area contributed by atoms with Gasteiger partial charge in [0, 0.05) is 28.7 Å². The molecule has 1 aromatic heterocycles. The average molecular weight is 332 g/mol. The largest absolute Gasteiger partial charge is 0.316 e. The van der Waals surface area contributed by atoms with Crippen molar-refractivity contribution in [2.75, 3.05) is 13.1 Å². The van der Waals surface area contributed by atoms with Crippen LogP contribution in [0.25, 0.3) is 11.3 Å². The van der Waals surface area contributed by atoms with E-state index in [1.165, 1.54) is 24.0 Å². The summed E-state index contributed by atoms with van der Waals surface area (Å²) in [4.78, 5) is 9.27. The quantitative estimate of drug-likeness (QED) is 0.912. The van der Waals surface area contributed by atoms with Crippen molar-refractivity contribution in [1.29, 1.82) is 0 Å². The minimum Gasteiger partial charge on any atom is -0.316 e. The Hall–Kier alpha value is -1.26.